The van der Waals surface area contributed by atoms with E-state index in [9.17, 15) is 24.2 Å². The number of ether oxygens (including phenoxy) is 1. The molecule has 8 heteroatoms. The molecule has 1 fully saturated rings. The molecule has 0 saturated carbocycles. The predicted octanol–water partition coefficient (Wildman–Crippen LogP) is 0.874. The molecule has 2 amide bonds. The predicted molar refractivity (Wildman–Crippen MR) is 101 cm³/mol. The number of nitrogens with one attached hydrogen (secondary N) is 2. The van der Waals surface area contributed by atoms with Crippen molar-refractivity contribution in [3.8, 4) is 0 Å². The minimum absolute atomic E-state index is 0.0707. The Morgan fingerprint density at radius 3 is 2.29 bits per heavy atom. The van der Waals surface area contributed by atoms with Crippen molar-refractivity contribution in [2.24, 2.45) is 5.92 Å². The first-order valence-electron chi connectivity index (χ1n) is 9.66. The van der Waals surface area contributed by atoms with E-state index in [-0.39, 0.29) is 43.1 Å². The second-order valence-electron chi connectivity index (χ2n) is 7.06. The molecule has 1 heterocycles. The summed E-state index contributed by atoms with van der Waals surface area (Å²) >= 11 is 0. The van der Waals surface area contributed by atoms with Gasteiger partial charge >= 0.3 is 0 Å². The Kier molecular flexibility index (Phi) is 8.35. The van der Waals surface area contributed by atoms with E-state index in [1.165, 1.54) is 12.1 Å². The number of hydrogen-bond donors (Lipinski definition) is 4. The van der Waals surface area contributed by atoms with Crippen molar-refractivity contribution in [3.05, 3.63) is 35.6 Å². The minimum atomic E-state index is -1.22. The molecule has 7 nitrogen and oxygen atoms in total. The van der Waals surface area contributed by atoms with Crippen LogP contribution in [0.4, 0.5) is 4.39 Å². The molecule has 1 aromatic carbocycles. The smallest absolute Gasteiger partial charge is 0.223 e. The second-order valence-corrected chi connectivity index (χ2v) is 7.06. The Morgan fingerprint density at radius 2 is 1.68 bits per heavy atom. The monoisotopic (exact) mass is 396 g/mol. The van der Waals surface area contributed by atoms with Crippen molar-refractivity contribution < 1.29 is 28.9 Å². The number of aliphatic hydroxyl groups is 2. The lowest BCUT2D eigenvalue weighted by Crippen LogP contribution is -2.41. The minimum Gasteiger partial charge on any atom is -0.388 e. The van der Waals surface area contributed by atoms with E-state index < -0.39 is 24.4 Å². The van der Waals surface area contributed by atoms with E-state index in [0.717, 1.165) is 18.4 Å². The van der Waals surface area contributed by atoms with Crippen LogP contribution in [0.15, 0.2) is 24.3 Å². The van der Waals surface area contributed by atoms with Gasteiger partial charge in [0, 0.05) is 19.0 Å². The summed E-state index contributed by atoms with van der Waals surface area (Å²) in [6.45, 7) is 4.15. The maximum absolute atomic E-state index is 12.9. The van der Waals surface area contributed by atoms with Crippen LogP contribution in [-0.4, -0.2) is 53.0 Å². The van der Waals surface area contributed by atoms with Crippen LogP contribution in [0.3, 0.4) is 0 Å². The Balaban J connectivity index is 1.80. The van der Waals surface area contributed by atoms with E-state index >= 15 is 0 Å². The average molecular weight is 396 g/mol. The number of carbonyl (C=O) groups excluding carboxylic acids is 2. The molecule has 4 N–H and O–H groups in total. The maximum atomic E-state index is 12.9. The summed E-state index contributed by atoms with van der Waals surface area (Å²) < 4.78 is 18.5. The summed E-state index contributed by atoms with van der Waals surface area (Å²) in [6.07, 6.45) is -2.73. The Hall–Kier alpha value is -2.03. The summed E-state index contributed by atoms with van der Waals surface area (Å²) in [5.41, 5.74) is 0.740. The second kappa shape index (κ2) is 10.5. The Labute approximate surface area is 164 Å². The Morgan fingerprint density at radius 1 is 1.07 bits per heavy atom. The third kappa shape index (κ3) is 5.98. The molecule has 156 valence electrons. The van der Waals surface area contributed by atoms with E-state index in [0.29, 0.717) is 0 Å². The van der Waals surface area contributed by atoms with Gasteiger partial charge in [-0.25, -0.2) is 4.39 Å². The molecule has 1 saturated heterocycles. The van der Waals surface area contributed by atoms with E-state index in [2.05, 4.69) is 10.6 Å². The van der Waals surface area contributed by atoms with Crippen molar-refractivity contribution in [1.29, 1.82) is 0 Å². The summed E-state index contributed by atoms with van der Waals surface area (Å²) in [5, 5.41) is 25.7. The van der Waals surface area contributed by atoms with Crippen LogP contribution in [0.25, 0.3) is 0 Å². The van der Waals surface area contributed by atoms with Gasteiger partial charge in [-0.2, -0.15) is 0 Å². The van der Waals surface area contributed by atoms with Crippen molar-refractivity contribution in [2.45, 2.75) is 64.1 Å². The molecule has 4 unspecified atom stereocenters. The van der Waals surface area contributed by atoms with E-state index in [1.54, 1.807) is 12.1 Å². The van der Waals surface area contributed by atoms with Crippen LogP contribution in [0, 0.1) is 11.7 Å². The lowest BCUT2D eigenvalue weighted by atomic mass is 10.0. The van der Waals surface area contributed by atoms with Gasteiger partial charge in [-0.15, -0.1) is 0 Å². The quantitative estimate of drug-likeness (QED) is 0.496. The van der Waals surface area contributed by atoms with E-state index in [1.807, 2.05) is 13.8 Å². The maximum Gasteiger partial charge on any atom is 0.223 e. The van der Waals surface area contributed by atoms with Crippen molar-refractivity contribution in [3.63, 3.8) is 0 Å². The van der Waals surface area contributed by atoms with Crippen LogP contribution >= 0.6 is 0 Å². The highest BCUT2D eigenvalue weighted by atomic mass is 19.1. The van der Waals surface area contributed by atoms with Gasteiger partial charge in [0.2, 0.25) is 11.8 Å². The van der Waals surface area contributed by atoms with Gasteiger partial charge in [0.15, 0.2) is 0 Å². The Bertz CT molecular complexity index is 651. The number of amides is 2. The van der Waals surface area contributed by atoms with Gasteiger partial charge in [0.1, 0.15) is 24.1 Å². The molecule has 0 aliphatic carbocycles. The number of aliphatic hydroxyl groups excluding tert-OH is 2. The highest BCUT2D eigenvalue weighted by molar-refractivity contribution is 5.78. The number of halogens is 1. The first-order chi connectivity index (χ1) is 13.3. The fourth-order valence-electron chi connectivity index (χ4n) is 3.23. The molecule has 1 aromatic rings. The van der Waals surface area contributed by atoms with E-state index in [4.69, 9.17) is 4.74 Å². The van der Waals surface area contributed by atoms with Gasteiger partial charge in [0.25, 0.3) is 0 Å². The molecule has 0 radical (unpaired) electrons. The third-order valence-corrected chi connectivity index (χ3v) is 5.08. The van der Waals surface area contributed by atoms with Gasteiger partial charge in [0.05, 0.1) is 12.5 Å². The molecule has 0 spiro atoms. The fraction of sp³-hybridized carbons (Fsp3) is 0.600. The summed E-state index contributed by atoms with van der Waals surface area (Å²) in [6, 6.07) is 5.75. The zero-order valence-corrected chi connectivity index (χ0v) is 16.2. The zero-order valence-electron chi connectivity index (χ0n) is 16.2. The van der Waals surface area contributed by atoms with Crippen molar-refractivity contribution in [2.75, 3.05) is 6.54 Å². The molecular formula is C20H29FN2O5. The number of hydrogen-bond acceptors (Lipinski definition) is 5. The molecule has 4 atom stereocenters. The fourth-order valence-corrected chi connectivity index (χ4v) is 3.23. The van der Waals surface area contributed by atoms with Gasteiger partial charge in [-0.1, -0.05) is 26.0 Å². The SMILES string of the molecule is CCC(CC)C(=O)NCC1OC(CC(=O)NCc2ccc(F)cc2)C(O)C1O. The molecule has 0 aromatic heterocycles. The highest BCUT2D eigenvalue weighted by Gasteiger charge is 2.43. The average Bonchev–Trinajstić information content (AvgIpc) is 2.94. The molecule has 1 aliphatic heterocycles. The lowest BCUT2D eigenvalue weighted by molar-refractivity contribution is -0.127. The molecule has 2 rings (SSSR count). The molecule has 0 bridgehead atoms. The third-order valence-electron chi connectivity index (χ3n) is 5.08. The molecule has 28 heavy (non-hydrogen) atoms. The number of benzene rings is 1. The van der Waals surface area contributed by atoms with Crippen LogP contribution in [0.5, 0.6) is 0 Å². The number of rotatable bonds is 9. The lowest BCUT2D eigenvalue weighted by Gasteiger charge is -2.18. The van der Waals surface area contributed by atoms with Crippen molar-refractivity contribution in [1.82, 2.24) is 10.6 Å². The first kappa shape index (κ1) is 22.3. The number of carbonyl (C=O) groups is 2. The standard InChI is InChI=1S/C20H29FN2O5/c1-3-13(4-2)20(27)23-11-16-19(26)18(25)15(28-16)9-17(24)22-10-12-5-7-14(21)8-6-12/h5-8,13,15-16,18-19,25-26H,3-4,9-11H2,1-2H3,(H,22,24)(H,23,27). The summed E-state index contributed by atoms with van der Waals surface area (Å²) in [7, 11) is 0. The highest BCUT2D eigenvalue weighted by Crippen LogP contribution is 2.23. The molecule has 1 aliphatic rings. The first-order valence-corrected chi connectivity index (χ1v) is 9.66. The van der Waals surface area contributed by atoms with Gasteiger partial charge < -0.3 is 25.6 Å². The topological polar surface area (TPSA) is 108 Å². The zero-order chi connectivity index (χ0) is 20.7. The van der Waals surface area contributed by atoms with Gasteiger partial charge in [-0.05, 0) is 30.5 Å². The van der Waals surface area contributed by atoms with Crippen LogP contribution in [0.1, 0.15) is 38.7 Å². The normalized spacial score (nSPS) is 24.4. The van der Waals surface area contributed by atoms with Crippen LogP contribution < -0.4 is 10.6 Å². The van der Waals surface area contributed by atoms with Crippen molar-refractivity contribution >= 4 is 11.8 Å². The summed E-state index contributed by atoms with van der Waals surface area (Å²) in [4.78, 5) is 24.2. The van der Waals surface area contributed by atoms with Crippen LogP contribution in [0.2, 0.25) is 0 Å². The summed E-state index contributed by atoms with van der Waals surface area (Å²) in [5.74, 6) is -0.927. The van der Waals surface area contributed by atoms with Gasteiger partial charge in [-0.3, -0.25) is 9.59 Å². The largest absolute Gasteiger partial charge is 0.388 e. The van der Waals surface area contributed by atoms with Crippen LogP contribution in [-0.2, 0) is 20.9 Å². The molecular weight excluding hydrogens is 367 g/mol.